The first kappa shape index (κ1) is 53.8. The van der Waals surface area contributed by atoms with Crippen molar-refractivity contribution < 1.29 is 19.2 Å². The van der Waals surface area contributed by atoms with E-state index in [2.05, 4.69) is 49.1 Å². The van der Waals surface area contributed by atoms with Crippen LogP contribution >= 0.6 is 0 Å². The monoisotopic (exact) mass is 951 g/mol. The van der Waals surface area contributed by atoms with Gasteiger partial charge in [0, 0.05) is 0 Å². The zero-order valence-corrected chi connectivity index (χ0v) is 42.5. The van der Waals surface area contributed by atoms with Crippen LogP contribution in [0, 0.1) is 10.1 Å². The number of hydrogen-bond acceptors (Lipinski definition) is 6. The van der Waals surface area contributed by atoms with Crippen molar-refractivity contribution in [1.29, 1.82) is 0 Å². The van der Waals surface area contributed by atoms with E-state index in [4.69, 9.17) is 9.47 Å². The summed E-state index contributed by atoms with van der Waals surface area (Å²) in [6.07, 6.45) is 50.9. The number of nitrogens with zero attached hydrogens (tertiary/aromatic N) is 2. The maximum atomic E-state index is 12.9. The van der Waals surface area contributed by atoms with Gasteiger partial charge in [0.05, 0.1) is 0 Å². The Bertz CT molecular complexity index is 1600. The summed E-state index contributed by atoms with van der Waals surface area (Å²) < 4.78 is 13.4. The minimum atomic E-state index is -0.666. The van der Waals surface area contributed by atoms with Gasteiger partial charge in [-0.25, -0.2) is 0 Å². The normalized spacial score (nSPS) is 15.1. The van der Waals surface area contributed by atoms with E-state index in [0.717, 1.165) is 32.2 Å². The van der Waals surface area contributed by atoms with Crippen molar-refractivity contribution in [2.24, 2.45) is 0 Å². The van der Waals surface area contributed by atoms with E-state index < -0.39 is 4.62 Å². The van der Waals surface area contributed by atoms with Gasteiger partial charge in [-0.2, -0.15) is 0 Å². The molecule has 1 atom stereocenters. The van der Waals surface area contributed by atoms with Crippen LogP contribution in [0.2, 0.25) is 0 Å². The molecular formula is C56H90N2O5Se. The number of para-hydroxylation sites is 1. The van der Waals surface area contributed by atoms with Gasteiger partial charge in [-0.05, 0) is 0 Å². The van der Waals surface area contributed by atoms with E-state index in [1.165, 1.54) is 215 Å². The minimum absolute atomic E-state index is 0.0157. The number of nitro benzene ring substituents is 1. The number of non-ortho nitro benzene ring substituents is 1. The zero-order valence-electron chi connectivity index (χ0n) is 40.8. The number of carbonyl (C=O) groups excluding carboxylic acids is 1. The summed E-state index contributed by atoms with van der Waals surface area (Å²) in [5.74, 6) is 0.340. The Morgan fingerprint density at radius 1 is 0.625 bits per heavy atom. The van der Waals surface area contributed by atoms with E-state index in [1.807, 2.05) is 6.08 Å². The number of esters is 1. The molecule has 1 spiro atoms. The topological polar surface area (TPSA) is 81.9 Å². The maximum absolute atomic E-state index is 12.9. The van der Waals surface area contributed by atoms with E-state index in [1.54, 1.807) is 6.07 Å². The van der Waals surface area contributed by atoms with Crippen LogP contribution in [-0.4, -0.2) is 37.0 Å². The number of carbonyl (C=O) groups is 1. The van der Waals surface area contributed by atoms with Gasteiger partial charge < -0.3 is 0 Å². The minimum Gasteiger partial charge on any atom is -0.0654 e. The Morgan fingerprint density at radius 2 is 1.06 bits per heavy atom. The molecule has 8 heteroatoms. The molecule has 0 saturated carbocycles. The van der Waals surface area contributed by atoms with Crippen molar-refractivity contribution in [3.8, 4) is 5.75 Å². The molecular weight excluding hydrogens is 860 g/mol. The second-order valence-electron chi connectivity index (χ2n) is 19.1. The van der Waals surface area contributed by atoms with Crippen molar-refractivity contribution >= 4 is 42.8 Å². The Balaban J connectivity index is 1.12. The van der Waals surface area contributed by atoms with Crippen molar-refractivity contribution in [3.63, 3.8) is 0 Å². The quantitative estimate of drug-likeness (QED) is 0.0218. The number of unbranched alkanes of at least 4 members (excludes halogenated alkanes) is 33. The second-order valence-corrected chi connectivity index (χ2v) is 21.7. The summed E-state index contributed by atoms with van der Waals surface area (Å²) in [6.45, 7) is 5.42. The molecule has 2 aromatic carbocycles. The third kappa shape index (κ3) is 20.8. The van der Waals surface area contributed by atoms with E-state index in [0.29, 0.717) is 23.3 Å². The molecule has 2 aliphatic heterocycles. The van der Waals surface area contributed by atoms with E-state index >= 15 is 0 Å². The molecule has 7 nitrogen and oxygen atoms in total. The Hall–Kier alpha value is -2.83. The summed E-state index contributed by atoms with van der Waals surface area (Å²) in [5, 5.41) is 12.0. The summed E-state index contributed by atoms with van der Waals surface area (Å²) in [4.78, 5) is 27.0. The van der Waals surface area contributed by atoms with Crippen LogP contribution in [0.3, 0.4) is 0 Å². The van der Waals surface area contributed by atoms with Gasteiger partial charge in [0.25, 0.3) is 0 Å². The molecule has 0 bridgehead atoms. The first-order valence-electron chi connectivity index (χ1n) is 26.9. The number of anilines is 1. The molecule has 360 valence electrons. The first-order chi connectivity index (χ1) is 31.5. The summed E-state index contributed by atoms with van der Waals surface area (Å²) in [6, 6.07) is 11.7. The first-order valence-corrected chi connectivity index (χ1v) is 28.6. The fraction of sp³-hybridized carbons (Fsp3) is 0.732. The summed E-state index contributed by atoms with van der Waals surface area (Å²) in [5.41, 5.74) is 2.42. The van der Waals surface area contributed by atoms with Gasteiger partial charge in [-0.1, -0.05) is 155 Å². The van der Waals surface area contributed by atoms with Crippen molar-refractivity contribution in [1.82, 2.24) is 0 Å². The predicted octanol–water partition coefficient (Wildman–Crippen LogP) is 16.6. The van der Waals surface area contributed by atoms with Gasteiger partial charge >= 0.3 is 244 Å². The number of hydrogen-bond donors (Lipinski definition) is 0. The SMILES string of the molecule is CCCCCCCCCCCCCCCCCCCCCC(=O)OCc1cc([N+](=O)[O-])cc2c1OC1(C=C2)[Se]c2ccccc2N1CCCCCCCCCCCCCCCCCC. The third-order valence-corrected chi connectivity index (χ3v) is 16.2. The number of fused-ring (bicyclic) bond motifs is 2. The van der Waals surface area contributed by atoms with Crippen LogP contribution in [0.4, 0.5) is 11.4 Å². The van der Waals surface area contributed by atoms with Gasteiger partial charge in [-0.15, -0.1) is 0 Å². The van der Waals surface area contributed by atoms with Crippen LogP contribution in [0.5, 0.6) is 5.75 Å². The van der Waals surface area contributed by atoms with Crippen LogP contribution in [-0.2, 0) is 16.1 Å². The molecule has 0 fully saturated rings. The number of nitro groups is 1. The third-order valence-electron chi connectivity index (χ3n) is 13.5. The number of rotatable bonds is 40. The zero-order chi connectivity index (χ0) is 45.3. The summed E-state index contributed by atoms with van der Waals surface area (Å²) >= 11 is -0.0467. The Morgan fingerprint density at radius 3 is 1.53 bits per heavy atom. The van der Waals surface area contributed by atoms with Gasteiger partial charge in [0.1, 0.15) is 0 Å². The van der Waals surface area contributed by atoms with Gasteiger partial charge in [0.15, 0.2) is 0 Å². The molecule has 2 aromatic rings. The van der Waals surface area contributed by atoms with Crippen LogP contribution < -0.4 is 14.1 Å². The van der Waals surface area contributed by atoms with Crippen LogP contribution in [0.1, 0.15) is 256 Å². The smallest absolute Gasteiger partial charge is 0.0654 e. The van der Waals surface area contributed by atoms with E-state index in [-0.39, 0.29) is 38.1 Å². The molecule has 4 rings (SSSR count). The average Bonchev–Trinajstić information content (AvgIpc) is 3.60. The molecule has 0 radical (unpaired) electrons. The van der Waals surface area contributed by atoms with Gasteiger partial charge in [-0.3, -0.25) is 0 Å². The van der Waals surface area contributed by atoms with Crippen molar-refractivity contribution in [2.45, 2.75) is 256 Å². The average molecular weight is 950 g/mol. The predicted molar refractivity (Wildman–Crippen MR) is 272 cm³/mol. The molecule has 0 aliphatic carbocycles. The fourth-order valence-corrected chi connectivity index (χ4v) is 12.3. The molecule has 64 heavy (non-hydrogen) atoms. The molecule has 0 amide bonds. The molecule has 0 aromatic heterocycles. The Kier molecular flexibility index (Phi) is 28.2. The van der Waals surface area contributed by atoms with Crippen LogP contribution in [0.15, 0.2) is 42.5 Å². The molecule has 2 aliphatic rings. The Labute approximate surface area is 397 Å². The molecule has 0 saturated heterocycles. The van der Waals surface area contributed by atoms with E-state index in [9.17, 15) is 14.9 Å². The van der Waals surface area contributed by atoms with Crippen molar-refractivity contribution in [2.75, 3.05) is 11.4 Å². The van der Waals surface area contributed by atoms with Crippen molar-refractivity contribution in [3.05, 3.63) is 63.7 Å². The fourth-order valence-electron chi connectivity index (χ4n) is 9.55. The summed E-state index contributed by atoms with van der Waals surface area (Å²) in [7, 11) is 0. The second kappa shape index (κ2) is 33.6. The standard InChI is InChI=1S/C56H90N2O5Se/c1-3-5-7-9-11-13-15-17-19-21-22-23-24-26-28-30-32-34-36-42-54(59)62-48-50-47-51(58(60)61)46-49-43-44-56(63-55(49)50)57(52-40-37-38-41-53(52)64-56)45-39-35-33-31-29-27-25-20-18-16-14-12-10-8-6-4-2/h37-38,40-41,43-44,46-47H,3-36,39,42,45,48H2,1-2H3. The molecule has 2 heterocycles. The van der Waals surface area contributed by atoms with Crippen LogP contribution in [0.25, 0.3) is 6.08 Å². The van der Waals surface area contributed by atoms with Gasteiger partial charge in [0.2, 0.25) is 0 Å². The number of benzene rings is 2. The number of ether oxygens (including phenoxy) is 2. The molecule has 1 unspecified atom stereocenters. The molecule has 0 N–H and O–H groups in total.